The average molecular weight is 314 g/mol. The smallest absolute Gasteiger partial charge is 0.251 e. The summed E-state index contributed by atoms with van der Waals surface area (Å²) in [6, 6.07) is 4.64. The lowest BCUT2D eigenvalue weighted by molar-refractivity contribution is 0.0946. The van der Waals surface area contributed by atoms with Gasteiger partial charge in [-0.3, -0.25) is 4.79 Å². The summed E-state index contributed by atoms with van der Waals surface area (Å²) in [7, 11) is 1.47. The third-order valence-electron chi connectivity index (χ3n) is 3.31. The highest BCUT2D eigenvalue weighted by Gasteiger charge is 2.41. The Labute approximate surface area is 114 Å². The highest BCUT2D eigenvalue weighted by Crippen LogP contribution is 2.46. The SMILES string of the molecule is COc1ccc(C(=O)NCC2(CBr)CC2)cc1O. The van der Waals surface area contributed by atoms with Crippen molar-refractivity contribution in [2.45, 2.75) is 12.8 Å². The second-order valence-corrected chi connectivity index (χ2v) is 5.26. The number of phenolic OH excluding ortho intramolecular Hbond substituents is 1. The van der Waals surface area contributed by atoms with E-state index in [4.69, 9.17) is 4.74 Å². The van der Waals surface area contributed by atoms with Gasteiger partial charge in [-0.25, -0.2) is 0 Å². The summed E-state index contributed by atoms with van der Waals surface area (Å²) in [4.78, 5) is 11.9. The number of ether oxygens (including phenoxy) is 1. The number of amides is 1. The van der Waals surface area contributed by atoms with E-state index in [0.717, 1.165) is 18.2 Å². The third kappa shape index (κ3) is 2.77. The third-order valence-corrected chi connectivity index (χ3v) is 4.50. The first-order valence-electron chi connectivity index (χ1n) is 5.81. The number of hydrogen-bond acceptors (Lipinski definition) is 3. The number of nitrogens with one attached hydrogen (secondary N) is 1. The fraction of sp³-hybridized carbons (Fsp3) is 0.462. The Kier molecular flexibility index (Phi) is 3.80. The van der Waals surface area contributed by atoms with Crippen LogP contribution in [0, 0.1) is 5.41 Å². The standard InChI is InChI=1S/C13H16BrNO3/c1-18-11-3-2-9(6-10(11)16)12(17)15-8-13(7-14)4-5-13/h2-3,6,16H,4-5,7-8H2,1H3,(H,15,17). The molecule has 0 saturated heterocycles. The molecule has 5 heteroatoms. The number of rotatable bonds is 5. The summed E-state index contributed by atoms with van der Waals surface area (Å²) < 4.78 is 4.93. The van der Waals surface area contributed by atoms with Gasteiger partial charge in [0.2, 0.25) is 0 Å². The number of methoxy groups -OCH3 is 1. The summed E-state index contributed by atoms with van der Waals surface area (Å²) in [6.07, 6.45) is 2.29. The van der Waals surface area contributed by atoms with Crippen molar-refractivity contribution in [3.05, 3.63) is 23.8 Å². The number of alkyl halides is 1. The zero-order valence-electron chi connectivity index (χ0n) is 10.2. The normalized spacial score (nSPS) is 16.1. The Bertz CT molecular complexity index is 458. The molecule has 0 radical (unpaired) electrons. The van der Waals surface area contributed by atoms with E-state index in [1.165, 1.54) is 13.2 Å². The van der Waals surface area contributed by atoms with E-state index < -0.39 is 0 Å². The number of hydrogen-bond donors (Lipinski definition) is 2. The van der Waals surface area contributed by atoms with E-state index >= 15 is 0 Å². The van der Waals surface area contributed by atoms with E-state index in [-0.39, 0.29) is 17.1 Å². The van der Waals surface area contributed by atoms with Crippen molar-refractivity contribution in [2.75, 3.05) is 19.0 Å². The van der Waals surface area contributed by atoms with E-state index in [2.05, 4.69) is 21.2 Å². The van der Waals surface area contributed by atoms with Crippen molar-refractivity contribution in [1.82, 2.24) is 5.32 Å². The molecule has 0 spiro atoms. The molecule has 1 aliphatic carbocycles. The van der Waals surface area contributed by atoms with Crippen molar-refractivity contribution in [3.8, 4) is 11.5 Å². The van der Waals surface area contributed by atoms with Gasteiger partial charge in [0.25, 0.3) is 5.91 Å². The van der Waals surface area contributed by atoms with Gasteiger partial charge in [0, 0.05) is 17.4 Å². The summed E-state index contributed by atoms with van der Waals surface area (Å²) in [6.45, 7) is 0.671. The van der Waals surface area contributed by atoms with Gasteiger partial charge in [-0.1, -0.05) is 15.9 Å². The Morgan fingerprint density at radius 1 is 1.56 bits per heavy atom. The minimum Gasteiger partial charge on any atom is -0.504 e. The maximum Gasteiger partial charge on any atom is 0.251 e. The van der Waals surface area contributed by atoms with E-state index in [9.17, 15) is 9.90 Å². The molecule has 0 unspecified atom stereocenters. The van der Waals surface area contributed by atoms with Crippen molar-refractivity contribution >= 4 is 21.8 Å². The maximum absolute atomic E-state index is 11.9. The molecule has 1 amide bonds. The molecule has 1 aromatic rings. The lowest BCUT2D eigenvalue weighted by atomic mass is 10.1. The van der Waals surface area contributed by atoms with Gasteiger partial charge >= 0.3 is 0 Å². The average Bonchev–Trinajstić information content (AvgIpc) is 3.16. The Morgan fingerprint density at radius 3 is 2.78 bits per heavy atom. The summed E-state index contributed by atoms with van der Waals surface area (Å²) >= 11 is 3.46. The summed E-state index contributed by atoms with van der Waals surface area (Å²) in [5.41, 5.74) is 0.683. The molecule has 18 heavy (non-hydrogen) atoms. The van der Waals surface area contributed by atoms with Crippen LogP contribution >= 0.6 is 15.9 Å². The summed E-state index contributed by atoms with van der Waals surface area (Å²) in [5, 5.41) is 13.4. The van der Waals surface area contributed by atoms with Crippen molar-refractivity contribution in [3.63, 3.8) is 0 Å². The fourth-order valence-electron chi connectivity index (χ4n) is 1.74. The molecule has 0 bridgehead atoms. The molecule has 0 heterocycles. The molecule has 1 aliphatic rings. The van der Waals surface area contributed by atoms with Crippen LogP contribution in [0.5, 0.6) is 11.5 Å². The highest BCUT2D eigenvalue weighted by molar-refractivity contribution is 9.09. The van der Waals surface area contributed by atoms with Gasteiger partial charge in [-0.15, -0.1) is 0 Å². The Balaban J connectivity index is 1.98. The molecule has 1 fully saturated rings. The summed E-state index contributed by atoms with van der Waals surface area (Å²) in [5.74, 6) is 0.178. The van der Waals surface area contributed by atoms with Crippen LogP contribution in [0.25, 0.3) is 0 Å². The number of benzene rings is 1. The molecule has 0 atom stereocenters. The van der Waals surface area contributed by atoms with Gasteiger partial charge in [-0.2, -0.15) is 0 Å². The molecule has 1 saturated carbocycles. The fourth-order valence-corrected chi connectivity index (χ4v) is 2.49. The van der Waals surface area contributed by atoms with E-state index in [1.54, 1.807) is 12.1 Å². The number of carbonyl (C=O) groups is 1. The van der Waals surface area contributed by atoms with Crippen LogP contribution < -0.4 is 10.1 Å². The number of halogens is 1. The maximum atomic E-state index is 11.9. The number of phenols is 1. The first-order chi connectivity index (χ1) is 8.60. The first kappa shape index (κ1) is 13.2. The van der Waals surface area contributed by atoms with Crippen LogP contribution in [0.15, 0.2) is 18.2 Å². The minimum absolute atomic E-state index is 0.0215. The number of aromatic hydroxyl groups is 1. The zero-order valence-corrected chi connectivity index (χ0v) is 11.8. The first-order valence-corrected chi connectivity index (χ1v) is 6.93. The molecular weight excluding hydrogens is 298 g/mol. The van der Waals surface area contributed by atoms with Crippen LogP contribution in [0.4, 0.5) is 0 Å². The van der Waals surface area contributed by atoms with Crippen LogP contribution in [0.3, 0.4) is 0 Å². The Morgan fingerprint density at radius 2 is 2.28 bits per heavy atom. The monoisotopic (exact) mass is 313 g/mol. The quantitative estimate of drug-likeness (QED) is 0.820. The predicted octanol–water partition coefficient (Wildman–Crippen LogP) is 2.31. The van der Waals surface area contributed by atoms with Crippen LogP contribution in [0.2, 0.25) is 0 Å². The molecule has 0 aliphatic heterocycles. The highest BCUT2D eigenvalue weighted by atomic mass is 79.9. The second-order valence-electron chi connectivity index (χ2n) is 4.70. The van der Waals surface area contributed by atoms with Gasteiger partial charge in [0.05, 0.1) is 7.11 Å². The van der Waals surface area contributed by atoms with Gasteiger partial charge in [0.15, 0.2) is 11.5 Å². The minimum atomic E-state index is -0.167. The number of carbonyl (C=O) groups excluding carboxylic acids is 1. The van der Waals surface area contributed by atoms with E-state index in [1.807, 2.05) is 0 Å². The van der Waals surface area contributed by atoms with Gasteiger partial charge in [-0.05, 0) is 36.5 Å². The second kappa shape index (κ2) is 5.18. The van der Waals surface area contributed by atoms with Gasteiger partial charge in [0.1, 0.15) is 0 Å². The van der Waals surface area contributed by atoms with Crippen LogP contribution in [-0.2, 0) is 0 Å². The largest absolute Gasteiger partial charge is 0.504 e. The molecule has 0 aromatic heterocycles. The molecular formula is C13H16BrNO3. The van der Waals surface area contributed by atoms with Gasteiger partial charge < -0.3 is 15.2 Å². The van der Waals surface area contributed by atoms with Crippen molar-refractivity contribution in [1.29, 1.82) is 0 Å². The van der Waals surface area contributed by atoms with E-state index in [0.29, 0.717) is 17.9 Å². The molecule has 2 N–H and O–H groups in total. The van der Waals surface area contributed by atoms with Crippen molar-refractivity contribution in [2.24, 2.45) is 5.41 Å². The Hall–Kier alpha value is -1.23. The lowest BCUT2D eigenvalue weighted by Gasteiger charge is -2.13. The topological polar surface area (TPSA) is 58.6 Å². The molecule has 4 nitrogen and oxygen atoms in total. The van der Waals surface area contributed by atoms with Crippen LogP contribution in [-0.4, -0.2) is 30.0 Å². The zero-order chi connectivity index (χ0) is 13.2. The molecule has 2 rings (SSSR count). The van der Waals surface area contributed by atoms with Crippen molar-refractivity contribution < 1.29 is 14.6 Å². The van der Waals surface area contributed by atoms with Crippen LogP contribution in [0.1, 0.15) is 23.2 Å². The predicted molar refractivity (Wildman–Crippen MR) is 72.5 cm³/mol. The lowest BCUT2D eigenvalue weighted by Crippen LogP contribution is -2.30. The molecule has 1 aromatic carbocycles. The molecule has 98 valence electrons.